The standard InChI is InChI=1S/C20H20ClN7OS/c1-2-22-20(29)27-9-7-26(8-10-27)19-23-15-12-13(21)5-6-14(15)17-24-25-18(28(17)19)16-4-3-11-30-16/h3-6,11-12H,2,7-10H2,1H3,(H,22,29). The Morgan fingerprint density at radius 2 is 2.03 bits per heavy atom. The maximum Gasteiger partial charge on any atom is 0.317 e. The highest BCUT2D eigenvalue weighted by Crippen LogP contribution is 2.31. The largest absolute Gasteiger partial charge is 0.338 e. The SMILES string of the molecule is CCNC(=O)N1CCN(c2nc3cc(Cl)ccc3c3nnc(-c4cccs4)n23)CC1. The Morgan fingerprint density at radius 1 is 1.20 bits per heavy atom. The molecule has 154 valence electrons. The molecule has 0 bridgehead atoms. The monoisotopic (exact) mass is 441 g/mol. The lowest BCUT2D eigenvalue weighted by molar-refractivity contribution is 0.194. The van der Waals surface area contributed by atoms with Crippen LogP contribution in [0.15, 0.2) is 35.7 Å². The highest BCUT2D eigenvalue weighted by atomic mass is 35.5. The Morgan fingerprint density at radius 3 is 2.77 bits per heavy atom. The number of thiophene rings is 1. The summed E-state index contributed by atoms with van der Waals surface area (Å²) in [5.41, 5.74) is 1.53. The molecule has 0 aliphatic carbocycles. The third-order valence-corrected chi connectivity index (χ3v) is 6.30. The number of aromatic nitrogens is 4. The van der Waals surface area contributed by atoms with E-state index in [9.17, 15) is 4.79 Å². The molecule has 1 saturated heterocycles. The molecule has 1 aliphatic heterocycles. The minimum Gasteiger partial charge on any atom is -0.338 e. The fourth-order valence-electron chi connectivity index (χ4n) is 3.74. The third-order valence-electron chi connectivity index (χ3n) is 5.20. The first kappa shape index (κ1) is 19.1. The normalized spacial score (nSPS) is 14.6. The van der Waals surface area contributed by atoms with E-state index in [1.165, 1.54) is 0 Å². The Hall–Kier alpha value is -2.91. The van der Waals surface area contributed by atoms with E-state index in [-0.39, 0.29) is 6.03 Å². The lowest BCUT2D eigenvalue weighted by Gasteiger charge is -2.35. The molecule has 4 aromatic rings. The van der Waals surface area contributed by atoms with Crippen molar-refractivity contribution in [3.8, 4) is 10.7 Å². The van der Waals surface area contributed by atoms with Crippen LogP contribution in [0.3, 0.4) is 0 Å². The van der Waals surface area contributed by atoms with Gasteiger partial charge in [0.05, 0.1) is 10.4 Å². The van der Waals surface area contributed by atoms with Crippen molar-refractivity contribution < 1.29 is 4.79 Å². The van der Waals surface area contributed by atoms with Gasteiger partial charge in [-0.25, -0.2) is 14.2 Å². The molecule has 10 heteroatoms. The molecule has 1 aromatic carbocycles. The molecule has 30 heavy (non-hydrogen) atoms. The third kappa shape index (κ3) is 3.23. The fraction of sp³-hybridized carbons (Fsp3) is 0.300. The lowest BCUT2D eigenvalue weighted by atomic mass is 10.2. The molecule has 1 fully saturated rings. The molecule has 1 aliphatic rings. The van der Waals surface area contributed by atoms with Crippen LogP contribution in [-0.4, -0.2) is 63.2 Å². The second-order valence-electron chi connectivity index (χ2n) is 7.04. The predicted molar refractivity (Wildman–Crippen MR) is 119 cm³/mol. The summed E-state index contributed by atoms with van der Waals surface area (Å²) in [5, 5.41) is 15.4. The number of anilines is 1. The molecule has 5 rings (SSSR count). The number of carbonyl (C=O) groups is 1. The van der Waals surface area contributed by atoms with Crippen LogP contribution in [0.25, 0.3) is 27.3 Å². The van der Waals surface area contributed by atoms with E-state index >= 15 is 0 Å². The number of rotatable bonds is 3. The molecule has 0 spiro atoms. The number of hydrogen-bond donors (Lipinski definition) is 1. The van der Waals surface area contributed by atoms with Gasteiger partial charge in [-0.05, 0) is 36.6 Å². The van der Waals surface area contributed by atoms with Crippen LogP contribution >= 0.6 is 22.9 Å². The maximum atomic E-state index is 12.2. The summed E-state index contributed by atoms with van der Waals surface area (Å²) >= 11 is 7.85. The number of halogens is 1. The number of fused-ring (bicyclic) bond motifs is 3. The topological polar surface area (TPSA) is 78.7 Å². The summed E-state index contributed by atoms with van der Waals surface area (Å²) in [6.45, 7) is 5.14. The van der Waals surface area contributed by atoms with Gasteiger partial charge in [-0.2, -0.15) is 0 Å². The van der Waals surface area contributed by atoms with Crippen molar-refractivity contribution in [1.29, 1.82) is 0 Å². The van der Waals surface area contributed by atoms with Crippen LogP contribution in [-0.2, 0) is 0 Å². The van der Waals surface area contributed by atoms with Crippen molar-refractivity contribution in [3.63, 3.8) is 0 Å². The van der Waals surface area contributed by atoms with Gasteiger partial charge in [-0.15, -0.1) is 21.5 Å². The van der Waals surface area contributed by atoms with Crippen LogP contribution in [0.5, 0.6) is 0 Å². The van der Waals surface area contributed by atoms with Gasteiger partial charge in [0.25, 0.3) is 0 Å². The highest BCUT2D eigenvalue weighted by molar-refractivity contribution is 7.13. The zero-order valence-corrected chi connectivity index (χ0v) is 17.9. The van der Waals surface area contributed by atoms with Crippen molar-refractivity contribution in [3.05, 3.63) is 40.7 Å². The number of nitrogens with zero attached hydrogens (tertiary/aromatic N) is 6. The van der Waals surface area contributed by atoms with Gasteiger partial charge in [0.1, 0.15) is 0 Å². The minimum absolute atomic E-state index is 0.0240. The van der Waals surface area contributed by atoms with E-state index in [1.807, 2.05) is 51.9 Å². The molecule has 0 saturated carbocycles. The second-order valence-corrected chi connectivity index (χ2v) is 8.43. The minimum atomic E-state index is -0.0240. The molecule has 2 amide bonds. The molecule has 0 unspecified atom stereocenters. The van der Waals surface area contributed by atoms with Crippen molar-refractivity contribution in [2.45, 2.75) is 6.92 Å². The van der Waals surface area contributed by atoms with Gasteiger partial charge in [0.15, 0.2) is 11.5 Å². The van der Waals surface area contributed by atoms with Crippen molar-refractivity contribution in [1.82, 2.24) is 29.8 Å². The molecule has 1 N–H and O–H groups in total. The van der Waals surface area contributed by atoms with Crippen LogP contribution < -0.4 is 10.2 Å². The second kappa shape index (κ2) is 7.73. The Bertz CT molecular complexity index is 1220. The van der Waals surface area contributed by atoms with E-state index in [0.29, 0.717) is 37.7 Å². The van der Waals surface area contributed by atoms with Crippen LogP contribution in [0.2, 0.25) is 5.02 Å². The Labute approximate surface area is 182 Å². The Balaban J connectivity index is 1.61. The van der Waals surface area contributed by atoms with Gasteiger partial charge in [0.2, 0.25) is 5.95 Å². The Kier molecular flexibility index (Phi) is 4.92. The molecule has 3 aromatic heterocycles. The summed E-state index contributed by atoms with van der Waals surface area (Å²) in [6, 6.07) is 9.64. The molecule has 8 nitrogen and oxygen atoms in total. The first-order chi connectivity index (χ1) is 14.7. The summed E-state index contributed by atoms with van der Waals surface area (Å²) in [6.07, 6.45) is 0. The van der Waals surface area contributed by atoms with E-state index < -0.39 is 0 Å². The van der Waals surface area contributed by atoms with Crippen molar-refractivity contribution in [2.24, 2.45) is 0 Å². The van der Waals surface area contributed by atoms with E-state index in [0.717, 1.165) is 33.2 Å². The summed E-state index contributed by atoms with van der Waals surface area (Å²) < 4.78 is 2.02. The number of nitrogens with one attached hydrogen (secondary N) is 1. The van der Waals surface area contributed by atoms with Crippen LogP contribution in [0.4, 0.5) is 10.7 Å². The molecule has 0 radical (unpaired) electrons. The van der Waals surface area contributed by atoms with Crippen molar-refractivity contribution >= 4 is 51.5 Å². The zero-order chi connectivity index (χ0) is 20.7. The summed E-state index contributed by atoms with van der Waals surface area (Å²) in [7, 11) is 0. The number of piperazine rings is 1. The van der Waals surface area contributed by atoms with E-state index in [2.05, 4.69) is 20.4 Å². The van der Waals surface area contributed by atoms with Gasteiger partial charge in [-0.1, -0.05) is 17.7 Å². The number of benzene rings is 1. The lowest BCUT2D eigenvalue weighted by Crippen LogP contribution is -2.52. The first-order valence-electron chi connectivity index (χ1n) is 9.81. The number of amides is 2. The summed E-state index contributed by atoms with van der Waals surface area (Å²) in [4.78, 5) is 22.2. The quantitative estimate of drug-likeness (QED) is 0.526. The van der Waals surface area contributed by atoms with E-state index in [4.69, 9.17) is 16.6 Å². The number of hydrogen-bond acceptors (Lipinski definition) is 6. The maximum absolute atomic E-state index is 12.2. The van der Waals surface area contributed by atoms with Gasteiger partial charge in [-0.3, -0.25) is 0 Å². The van der Waals surface area contributed by atoms with Crippen LogP contribution in [0.1, 0.15) is 6.92 Å². The summed E-state index contributed by atoms with van der Waals surface area (Å²) in [5.74, 6) is 1.54. The highest BCUT2D eigenvalue weighted by Gasteiger charge is 2.26. The molecular weight excluding hydrogens is 422 g/mol. The fourth-order valence-corrected chi connectivity index (χ4v) is 4.61. The van der Waals surface area contributed by atoms with Gasteiger partial charge >= 0.3 is 6.03 Å². The number of urea groups is 1. The number of carbonyl (C=O) groups excluding carboxylic acids is 1. The van der Waals surface area contributed by atoms with Gasteiger partial charge in [0, 0.05) is 43.1 Å². The molecule has 0 atom stereocenters. The smallest absolute Gasteiger partial charge is 0.317 e. The van der Waals surface area contributed by atoms with Crippen LogP contribution in [0, 0.1) is 0 Å². The van der Waals surface area contributed by atoms with Gasteiger partial charge < -0.3 is 15.1 Å². The molecular formula is C20H20ClN7OS. The predicted octanol–water partition coefficient (Wildman–Crippen LogP) is 3.51. The molecule has 4 heterocycles. The average Bonchev–Trinajstić information content (AvgIpc) is 3.43. The zero-order valence-electron chi connectivity index (χ0n) is 16.4. The first-order valence-corrected chi connectivity index (χ1v) is 11.1. The average molecular weight is 442 g/mol. The van der Waals surface area contributed by atoms with E-state index in [1.54, 1.807) is 11.3 Å². The van der Waals surface area contributed by atoms with Crippen molar-refractivity contribution in [2.75, 3.05) is 37.6 Å².